The number of aromatic amines is 1. The predicted octanol–water partition coefficient (Wildman–Crippen LogP) is 4.22. The van der Waals surface area contributed by atoms with Crippen LogP contribution in [0.25, 0.3) is 11.4 Å². The third kappa shape index (κ3) is 4.00. The summed E-state index contributed by atoms with van der Waals surface area (Å²) in [7, 11) is 0. The lowest BCUT2D eigenvalue weighted by atomic mass is 10.1. The van der Waals surface area contributed by atoms with E-state index in [0.717, 1.165) is 15.6 Å². The molecule has 0 fully saturated rings. The number of nitrogens with one attached hydrogen (secondary N) is 1. The summed E-state index contributed by atoms with van der Waals surface area (Å²) in [5.41, 5.74) is 2.17. The fraction of sp³-hybridized carbons (Fsp3) is 0.0625. The van der Waals surface area contributed by atoms with Crippen molar-refractivity contribution in [3.8, 4) is 11.4 Å². The largest absolute Gasteiger partial charge is 0.478 e. The SMILES string of the molecule is O=C(O)c1cccc(CSc2n[nH]c(-c3ccc(Br)cc3)n2)c1. The molecule has 3 rings (SSSR count). The zero-order chi connectivity index (χ0) is 16.2. The molecule has 0 unspecified atom stereocenters. The highest BCUT2D eigenvalue weighted by molar-refractivity contribution is 9.10. The fourth-order valence-electron chi connectivity index (χ4n) is 1.99. The van der Waals surface area contributed by atoms with Gasteiger partial charge in [-0.1, -0.05) is 52.0 Å². The number of nitrogens with zero attached hydrogens (tertiary/aromatic N) is 2. The van der Waals surface area contributed by atoms with Gasteiger partial charge in [0.2, 0.25) is 5.16 Å². The Morgan fingerprint density at radius 3 is 2.74 bits per heavy atom. The summed E-state index contributed by atoms with van der Waals surface area (Å²) >= 11 is 4.85. The molecule has 2 aromatic carbocycles. The molecule has 0 aliphatic rings. The summed E-state index contributed by atoms with van der Waals surface area (Å²) in [6, 6.07) is 14.7. The first-order chi connectivity index (χ1) is 11.1. The van der Waals surface area contributed by atoms with Crippen LogP contribution in [-0.2, 0) is 5.75 Å². The van der Waals surface area contributed by atoms with Gasteiger partial charge in [-0.2, -0.15) is 0 Å². The number of H-pyrrole nitrogens is 1. The van der Waals surface area contributed by atoms with Gasteiger partial charge in [0, 0.05) is 15.8 Å². The molecule has 1 aromatic heterocycles. The van der Waals surface area contributed by atoms with Gasteiger partial charge >= 0.3 is 5.97 Å². The van der Waals surface area contributed by atoms with Crippen molar-refractivity contribution >= 4 is 33.7 Å². The van der Waals surface area contributed by atoms with Gasteiger partial charge < -0.3 is 5.11 Å². The van der Waals surface area contributed by atoms with Crippen LogP contribution in [0.15, 0.2) is 58.2 Å². The Labute approximate surface area is 145 Å². The molecule has 0 aliphatic heterocycles. The molecule has 0 atom stereocenters. The maximum absolute atomic E-state index is 11.0. The van der Waals surface area contributed by atoms with Crippen LogP contribution in [0.5, 0.6) is 0 Å². The first-order valence-corrected chi connectivity index (χ1v) is 8.53. The lowest BCUT2D eigenvalue weighted by Gasteiger charge is -2.00. The molecule has 5 nitrogen and oxygen atoms in total. The second-order valence-corrected chi connectivity index (χ2v) is 6.63. The van der Waals surface area contributed by atoms with E-state index < -0.39 is 5.97 Å². The standard InChI is InChI=1S/C16H12BrN3O2S/c17-13-6-4-11(5-7-13)14-18-16(20-19-14)23-9-10-2-1-3-12(8-10)15(21)22/h1-8H,9H2,(H,21,22)(H,18,19,20). The van der Waals surface area contributed by atoms with E-state index in [1.54, 1.807) is 18.2 Å². The van der Waals surface area contributed by atoms with Gasteiger partial charge in [0.05, 0.1) is 5.56 Å². The van der Waals surface area contributed by atoms with Crippen molar-refractivity contribution in [3.63, 3.8) is 0 Å². The highest BCUT2D eigenvalue weighted by Crippen LogP contribution is 2.23. The van der Waals surface area contributed by atoms with Gasteiger partial charge in [-0.3, -0.25) is 5.10 Å². The van der Waals surface area contributed by atoms with Crippen molar-refractivity contribution in [2.75, 3.05) is 0 Å². The Balaban J connectivity index is 1.69. The number of carboxylic acid groups (broad SMARTS) is 1. The topological polar surface area (TPSA) is 78.9 Å². The van der Waals surface area contributed by atoms with Crippen LogP contribution in [0.4, 0.5) is 0 Å². The molecule has 0 saturated heterocycles. The zero-order valence-corrected chi connectivity index (χ0v) is 14.3. The summed E-state index contributed by atoms with van der Waals surface area (Å²) < 4.78 is 1.01. The molecular weight excluding hydrogens is 378 g/mol. The molecule has 23 heavy (non-hydrogen) atoms. The number of carboxylic acids is 1. The van der Waals surface area contributed by atoms with Crippen molar-refractivity contribution < 1.29 is 9.90 Å². The average molecular weight is 390 g/mol. The van der Waals surface area contributed by atoms with Crippen LogP contribution in [0.3, 0.4) is 0 Å². The van der Waals surface area contributed by atoms with Crippen molar-refractivity contribution in [1.82, 2.24) is 15.2 Å². The summed E-state index contributed by atoms with van der Waals surface area (Å²) in [6.45, 7) is 0. The van der Waals surface area contributed by atoms with E-state index in [1.165, 1.54) is 11.8 Å². The van der Waals surface area contributed by atoms with Crippen molar-refractivity contribution in [2.45, 2.75) is 10.9 Å². The van der Waals surface area contributed by atoms with Crippen LogP contribution < -0.4 is 0 Å². The number of aromatic carboxylic acids is 1. The zero-order valence-electron chi connectivity index (χ0n) is 11.9. The molecule has 116 valence electrons. The minimum atomic E-state index is -0.924. The Hall–Kier alpha value is -2.12. The Bertz CT molecular complexity index is 833. The number of thioether (sulfide) groups is 1. The van der Waals surface area contributed by atoms with Gasteiger partial charge in [-0.25, -0.2) is 9.78 Å². The smallest absolute Gasteiger partial charge is 0.335 e. The van der Waals surface area contributed by atoms with Crippen LogP contribution in [0.1, 0.15) is 15.9 Å². The fourth-order valence-corrected chi connectivity index (χ4v) is 3.00. The number of rotatable bonds is 5. The van der Waals surface area contributed by atoms with E-state index in [2.05, 4.69) is 31.1 Å². The minimum absolute atomic E-state index is 0.286. The van der Waals surface area contributed by atoms with Crippen LogP contribution >= 0.6 is 27.7 Å². The minimum Gasteiger partial charge on any atom is -0.478 e. The first kappa shape index (κ1) is 15.8. The number of hydrogen-bond acceptors (Lipinski definition) is 4. The number of aromatic nitrogens is 3. The summed E-state index contributed by atoms with van der Waals surface area (Å²) in [4.78, 5) is 15.4. The molecule has 0 saturated carbocycles. The van der Waals surface area contributed by atoms with E-state index in [0.29, 0.717) is 16.7 Å². The molecule has 3 aromatic rings. The van der Waals surface area contributed by atoms with Gasteiger partial charge in [0.15, 0.2) is 5.82 Å². The molecule has 2 N–H and O–H groups in total. The molecule has 0 spiro atoms. The van der Waals surface area contributed by atoms with Gasteiger partial charge in [0.1, 0.15) is 0 Å². The number of carbonyl (C=O) groups is 1. The molecular formula is C16H12BrN3O2S. The number of benzene rings is 2. The second kappa shape index (κ2) is 6.97. The molecule has 0 aliphatic carbocycles. The van der Waals surface area contributed by atoms with E-state index in [1.807, 2.05) is 30.3 Å². The second-order valence-electron chi connectivity index (χ2n) is 4.77. The Kier molecular flexibility index (Phi) is 4.78. The van der Waals surface area contributed by atoms with E-state index in [-0.39, 0.29) is 5.56 Å². The first-order valence-electron chi connectivity index (χ1n) is 6.75. The van der Waals surface area contributed by atoms with E-state index >= 15 is 0 Å². The van der Waals surface area contributed by atoms with Crippen LogP contribution in [0, 0.1) is 0 Å². The normalized spacial score (nSPS) is 10.7. The highest BCUT2D eigenvalue weighted by atomic mass is 79.9. The third-order valence-corrected chi connectivity index (χ3v) is 4.57. The van der Waals surface area contributed by atoms with Gasteiger partial charge in [-0.15, -0.1) is 5.10 Å². The number of halogens is 1. The summed E-state index contributed by atoms with van der Waals surface area (Å²) in [5.74, 6) is 0.394. The van der Waals surface area contributed by atoms with Crippen molar-refractivity contribution in [1.29, 1.82) is 0 Å². The molecule has 1 heterocycles. The van der Waals surface area contributed by atoms with Gasteiger partial charge in [-0.05, 0) is 29.8 Å². The molecule has 7 heteroatoms. The van der Waals surface area contributed by atoms with E-state index in [4.69, 9.17) is 5.11 Å². The predicted molar refractivity (Wildman–Crippen MR) is 92.5 cm³/mol. The summed E-state index contributed by atoms with van der Waals surface area (Å²) in [5, 5.41) is 16.7. The quantitative estimate of drug-likeness (QED) is 0.638. The summed E-state index contributed by atoms with van der Waals surface area (Å²) in [6.07, 6.45) is 0. The van der Waals surface area contributed by atoms with Crippen molar-refractivity contribution in [3.05, 3.63) is 64.1 Å². The molecule has 0 amide bonds. The van der Waals surface area contributed by atoms with Crippen LogP contribution in [0.2, 0.25) is 0 Å². The van der Waals surface area contributed by atoms with E-state index in [9.17, 15) is 4.79 Å². The van der Waals surface area contributed by atoms with Crippen LogP contribution in [-0.4, -0.2) is 26.3 Å². The third-order valence-electron chi connectivity index (χ3n) is 3.12. The Morgan fingerprint density at radius 1 is 1.22 bits per heavy atom. The lowest BCUT2D eigenvalue weighted by Crippen LogP contribution is -1.96. The maximum Gasteiger partial charge on any atom is 0.335 e. The highest BCUT2D eigenvalue weighted by Gasteiger charge is 2.08. The molecule has 0 bridgehead atoms. The molecule has 0 radical (unpaired) electrons. The van der Waals surface area contributed by atoms with Gasteiger partial charge in [0.25, 0.3) is 0 Å². The monoisotopic (exact) mass is 389 g/mol. The average Bonchev–Trinajstić information content (AvgIpc) is 3.03. The lowest BCUT2D eigenvalue weighted by molar-refractivity contribution is 0.0697. The maximum atomic E-state index is 11.0. The Morgan fingerprint density at radius 2 is 2.00 bits per heavy atom. The van der Waals surface area contributed by atoms with Crippen molar-refractivity contribution in [2.24, 2.45) is 0 Å². The number of hydrogen-bond donors (Lipinski definition) is 2.